The molecule has 3 heterocycles. The molecule has 114 valence electrons. The minimum absolute atomic E-state index is 0.733. The highest BCUT2D eigenvalue weighted by molar-refractivity contribution is 7.98. The Kier molecular flexibility index (Phi) is 3.59. The number of hydrogen-bond acceptors (Lipinski definition) is 4. The molecule has 23 heavy (non-hydrogen) atoms. The smallest absolute Gasteiger partial charge is 0.209 e. The first-order chi connectivity index (χ1) is 11.3. The molecule has 0 aliphatic carbocycles. The van der Waals surface area contributed by atoms with Crippen molar-refractivity contribution < 1.29 is 0 Å². The van der Waals surface area contributed by atoms with Crippen LogP contribution in [0, 0.1) is 6.92 Å². The number of aromatic nitrogens is 5. The normalized spacial score (nSPS) is 11.2. The average molecular weight is 321 g/mol. The standard InChI is InChI=1S/C17H15N5S/c1-12-7-8-15-18-14(10-22(15)9-12)11-23-17-19-16(20-21-17)13-5-3-2-4-6-13/h2-10H,11H2,1H3,(H,19,20,21). The number of nitrogens with one attached hydrogen (secondary N) is 1. The molecule has 0 bridgehead atoms. The lowest BCUT2D eigenvalue weighted by molar-refractivity contribution is 0.972. The molecule has 5 nitrogen and oxygen atoms in total. The van der Waals surface area contributed by atoms with Crippen LogP contribution in [-0.4, -0.2) is 24.6 Å². The van der Waals surface area contributed by atoms with Gasteiger partial charge in [0.25, 0.3) is 0 Å². The van der Waals surface area contributed by atoms with Gasteiger partial charge in [0, 0.05) is 23.7 Å². The maximum absolute atomic E-state index is 4.61. The highest BCUT2D eigenvalue weighted by Crippen LogP contribution is 2.22. The second-order valence-electron chi connectivity index (χ2n) is 5.33. The lowest BCUT2D eigenvalue weighted by atomic mass is 10.2. The number of hydrogen-bond donors (Lipinski definition) is 1. The van der Waals surface area contributed by atoms with Gasteiger partial charge in [-0.3, -0.25) is 5.10 Å². The van der Waals surface area contributed by atoms with Crippen LogP contribution in [0.1, 0.15) is 11.3 Å². The summed E-state index contributed by atoms with van der Waals surface area (Å²) in [5, 5.41) is 7.99. The van der Waals surface area contributed by atoms with Gasteiger partial charge in [-0.1, -0.05) is 48.2 Å². The molecule has 0 spiro atoms. The Morgan fingerprint density at radius 2 is 1.91 bits per heavy atom. The van der Waals surface area contributed by atoms with Crippen LogP contribution in [0.2, 0.25) is 0 Å². The van der Waals surface area contributed by atoms with Crippen molar-refractivity contribution in [2.24, 2.45) is 0 Å². The summed E-state index contributed by atoms with van der Waals surface area (Å²) in [6.07, 6.45) is 4.14. The summed E-state index contributed by atoms with van der Waals surface area (Å²) >= 11 is 1.58. The molecule has 0 atom stereocenters. The van der Waals surface area contributed by atoms with Crippen molar-refractivity contribution in [3.63, 3.8) is 0 Å². The lowest BCUT2D eigenvalue weighted by Gasteiger charge is -1.93. The quantitative estimate of drug-likeness (QED) is 0.582. The molecule has 0 saturated carbocycles. The summed E-state index contributed by atoms with van der Waals surface area (Å²) in [6.45, 7) is 2.08. The number of aryl methyl sites for hydroxylation is 1. The summed E-state index contributed by atoms with van der Waals surface area (Å²) in [6, 6.07) is 14.1. The number of H-pyrrole nitrogens is 1. The van der Waals surface area contributed by atoms with E-state index in [1.54, 1.807) is 11.8 Å². The molecule has 1 aromatic carbocycles. The van der Waals surface area contributed by atoms with Gasteiger partial charge < -0.3 is 4.40 Å². The van der Waals surface area contributed by atoms with Gasteiger partial charge in [-0.2, -0.15) is 0 Å². The van der Waals surface area contributed by atoms with Crippen LogP contribution in [0.15, 0.2) is 60.0 Å². The Bertz CT molecular complexity index is 942. The molecular formula is C17H15N5S. The molecule has 0 radical (unpaired) electrons. The molecule has 1 N–H and O–H groups in total. The zero-order chi connectivity index (χ0) is 15.6. The minimum atomic E-state index is 0.733. The van der Waals surface area contributed by atoms with Crippen molar-refractivity contribution in [2.45, 2.75) is 17.8 Å². The molecule has 0 fully saturated rings. The number of pyridine rings is 1. The van der Waals surface area contributed by atoms with Gasteiger partial charge in [0.1, 0.15) is 5.65 Å². The highest BCUT2D eigenvalue weighted by atomic mass is 32.2. The molecular weight excluding hydrogens is 306 g/mol. The maximum Gasteiger partial charge on any atom is 0.209 e. The zero-order valence-corrected chi connectivity index (χ0v) is 13.4. The van der Waals surface area contributed by atoms with E-state index in [9.17, 15) is 0 Å². The first-order valence-corrected chi connectivity index (χ1v) is 8.31. The second kappa shape index (κ2) is 5.89. The van der Waals surface area contributed by atoms with Gasteiger partial charge >= 0.3 is 0 Å². The van der Waals surface area contributed by atoms with E-state index in [2.05, 4.69) is 49.9 Å². The fraction of sp³-hybridized carbons (Fsp3) is 0.118. The van der Waals surface area contributed by atoms with Gasteiger partial charge in [-0.25, -0.2) is 9.97 Å². The van der Waals surface area contributed by atoms with Crippen LogP contribution in [0.25, 0.3) is 17.0 Å². The predicted molar refractivity (Wildman–Crippen MR) is 91.3 cm³/mol. The predicted octanol–water partition coefficient (Wildman–Crippen LogP) is 3.72. The number of imidazole rings is 1. The van der Waals surface area contributed by atoms with Crippen molar-refractivity contribution >= 4 is 17.4 Å². The third-order valence-electron chi connectivity index (χ3n) is 3.51. The largest absolute Gasteiger partial charge is 0.307 e. The fourth-order valence-corrected chi connectivity index (χ4v) is 3.08. The molecule has 4 rings (SSSR count). The zero-order valence-electron chi connectivity index (χ0n) is 12.6. The van der Waals surface area contributed by atoms with Crippen molar-refractivity contribution in [1.29, 1.82) is 0 Å². The van der Waals surface area contributed by atoms with Gasteiger partial charge in [0.2, 0.25) is 5.16 Å². The van der Waals surface area contributed by atoms with Gasteiger partial charge in [0.05, 0.1) is 5.69 Å². The fourth-order valence-electron chi connectivity index (χ4n) is 2.40. The van der Waals surface area contributed by atoms with Gasteiger partial charge in [-0.15, -0.1) is 5.10 Å². The summed E-state index contributed by atoms with van der Waals surface area (Å²) in [5.41, 5.74) is 4.24. The Morgan fingerprint density at radius 3 is 2.78 bits per heavy atom. The number of fused-ring (bicyclic) bond motifs is 1. The number of aromatic amines is 1. The van der Waals surface area contributed by atoms with Crippen LogP contribution < -0.4 is 0 Å². The molecule has 3 aromatic heterocycles. The van der Waals surface area contributed by atoms with Crippen LogP contribution in [0.5, 0.6) is 0 Å². The summed E-state index contributed by atoms with van der Waals surface area (Å²) in [5.74, 6) is 1.53. The number of thioether (sulfide) groups is 1. The number of rotatable bonds is 4. The van der Waals surface area contributed by atoms with E-state index in [0.29, 0.717) is 0 Å². The minimum Gasteiger partial charge on any atom is -0.307 e. The van der Waals surface area contributed by atoms with Crippen molar-refractivity contribution in [2.75, 3.05) is 0 Å². The van der Waals surface area contributed by atoms with Gasteiger partial charge in [-0.05, 0) is 18.6 Å². The van der Waals surface area contributed by atoms with E-state index in [-0.39, 0.29) is 0 Å². The van der Waals surface area contributed by atoms with E-state index >= 15 is 0 Å². The average Bonchev–Trinajstić information content (AvgIpc) is 3.20. The summed E-state index contributed by atoms with van der Waals surface area (Å²) in [7, 11) is 0. The van der Waals surface area contributed by atoms with Crippen LogP contribution in [0.3, 0.4) is 0 Å². The topological polar surface area (TPSA) is 58.9 Å². The van der Waals surface area contributed by atoms with Crippen LogP contribution in [-0.2, 0) is 5.75 Å². The molecule has 0 unspecified atom stereocenters. The first-order valence-electron chi connectivity index (χ1n) is 7.33. The monoisotopic (exact) mass is 321 g/mol. The number of benzene rings is 1. The molecule has 4 aromatic rings. The molecule has 6 heteroatoms. The van der Waals surface area contributed by atoms with E-state index in [0.717, 1.165) is 33.6 Å². The van der Waals surface area contributed by atoms with E-state index < -0.39 is 0 Å². The third kappa shape index (κ3) is 2.98. The SMILES string of the molecule is Cc1ccc2nc(CSc3n[nH]c(-c4ccccc4)n3)cn2c1. The van der Waals surface area contributed by atoms with Crippen molar-refractivity contribution in [3.8, 4) is 11.4 Å². The third-order valence-corrected chi connectivity index (χ3v) is 4.39. The molecule has 0 aliphatic heterocycles. The van der Waals surface area contributed by atoms with Crippen molar-refractivity contribution in [1.82, 2.24) is 24.6 Å². The Labute approximate surface area is 137 Å². The van der Waals surface area contributed by atoms with Crippen LogP contribution >= 0.6 is 11.8 Å². The van der Waals surface area contributed by atoms with E-state index in [4.69, 9.17) is 0 Å². The number of nitrogens with zero attached hydrogens (tertiary/aromatic N) is 4. The highest BCUT2D eigenvalue weighted by Gasteiger charge is 2.08. The second-order valence-corrected chi connectivity index (χ2v) is 6.27. The summed E-state index contributed by atoms with van der Waals surface area (Å²) < 4.78 is 2.05. The van der Waals surface area contributed by atoms with Crippen molar-refractivity contribution in [3.05, 3.63) is 66.1 Å². The first kappa shape index (κ1) is 14.0. The van der Waals surface area contributed by atoms with Crippen LogP contribution in [0.4, 0.5) is 0 Å². The maximum atomic E-state index is 4.61. The van der Waals surface area contributed by atoms with E-state index in [1.165, 1.54) is 5.56 Å². The lowest BCUT2D eigenvalue weighted by Crippen LogP contribution is -1.82. The molecule has 0 saturated heterocycles. The van der Waals surface area contributed by atoms with Gasteiger partial charge in [0.15, 0.2) is 5.82 Å². The Morgan fingerprint density at radius 1 is 1.04 bits per heavy atom. The Balaban J connectivity index is 1.49. The molecule has 0 aliphatic rings. The van der Waals surface area contributed by atoms with E-state index in [1.807, 2.05) is 36.4 Å². The molecule has 0 amide bonds. The summed E-state index contributed by atoms with van der Waals surface area (Å²) in [4.78, 5) is 9.14. The Hall–Kier alpha value is -2.60.